The molecule has 0 saturated carbocycles. The lowest BCUT2D eigenvalue weighted by atomic mass is 9.97. The van der Waals surface area contributed by atoms with Crippen LogP contribution >= 0.6 is 0 Å². The molecule has 5 nitrogen and oxygen atoms in total. The summed E-state index contributed by atoms with van der Waals surface area (Å²) in [6.45, 7) is 6.60. The monoisotopic (exact) mass is 318 g/mol. The smallest absolute Gasteiger partial charge is 0.254 e. The Labute approximate surface area is 138 Å². The molecule has 0 aliphatic carbocycles. The summed E-state index contributed by atoms with van der Waals surface area (Å²) in [5.74, 6) is 1.77. The maximum Gasteiger partial charge on any atom is 0.254 e. The first-order valence-corrected chi connectivity index (χ1v) is 8.05. The molecule has 0 aromatic heterocycles. The van der Waals surface area contributed by atoms with Gasteiger partial charge < -0.3 is 19.7 Å². The SMILES string of the molecule is C=CCOc1ccc(C(=O)N2CCCC(CNC)C2)cc1OC. The van der Waals surface area contributed by atoms with Crippen LogP contribution in [0.25, 0.3) is 0 Å². The predicted octanol–water partition coefficient (Wildman–Crippen LogP) is 2.33. The normalized spacial score (nSPS) is 17.7. The zero-order valence-corrected chi connectivity index (χ0v) is 14.0. The summed E-state index contributed by atoms with van der Waals surface area (Å²) in [6.07, 6.45) is 3.90. The van der Waals surface area contributed by atoms with Gasteiger partial charge in [0, 0.05) is 18.7 Å². The number of nitrogens with zero attached hydrogens (tertiary/aromatic N) is 1. The van der Waals surface area contributed by atoms with E-state index in [0.29, 0.717) is 29.6 Å². The first kappa shape index (κ1) is 17.3. The van der Waals surface area contributed by atoms with E-state index in [1.165, 1.54) is 6.42 Å². The van der Waals surface area contributed by atoms with Crippen LogP contribution in [-0.4, -0.2) is 51.2 Å². The van der Waals surface area contributed by atoms with E-state index in [-0.39, 0.29) is 5.91 Å². The van der Waals surface area contributed by atoms with Crippen LogP contribution in [0.3, 0.4) is 0 Å². The molecule has 1 aliphatic heterocycles. The summed E-state index contributed by atoms with van der Waals surface area (Å²) in [5, 5.41) is 3.20. The molecule has 1 aliphatic rings. The summed E-state index contributed by atoms with van der Waals surface area (Å²) in [4.78, 5) is 14.7. The van der Waals surface area contributed by atoms with Gasteiger partial charge in [0.05, 0.1) is 7.11 Å². The maximum atomic E-state index is 12.7. The molecule has 1 unspecified atom stereocenters. The molecular weight excluding hydrogens is 292 g/mol. The predicted molar refractivity (Wildman–Crippen MR) is 91.2 cm³/mol. The number of nitrogens with one attached hydrogen (secondary N) is 1. The van der Waals surface area contributed by atoms with Crippen LogP contribution in [0.2, 0.25) is 0 Å². The van der Waals surface area contributed by atoms with Gasteiger partial charge >= 0.3 is 0 Å². The van der Waals surface area contributed by atoms with Crippen molar-refractivity contribution in [2.24, 2.45) is 5.92 Å². The van der Waals surface area contributed by atoms with Crippen LogP contribution in [0.1, 0.15) is 23.2 Å². The van der Waals surface area contributed by atoms with Crippen LogP contribution in [0, 0.1) is 5.92 Å². The highest BCUT2D eigenvalue weighted by molar-refractivity contribution is 5.95. The molecule has 1 aromatic rings. The summed E-state index contributed by atoms with van der Waals surface area (Å²) in [5.41, 5.74) is 0.637. The molecule has 5 heteroatoms. The highest BCUT2D eigenvalue weighted by atomic mass is 16.5. The largest absolute Gasteiger partial charge is 0.493 e. The van der Waals surface area contributed by atoms with Gasteiger partial charge in [-0.05, 0) is 50.6 Å². The van der Waals surface area contributed by atoms with Crippen molar-refractivity contribution in [2.45, 2.75) is 12.8 Å². The number of amides is 1. The third-order valence-corrected chi connectivity index (χ3v) is 4.07. The lowest BCUT2D eigenvalue weighted by Crippen LogP contribution is -2.42. The van der Waals surface area contributed by atoms with Crippen molar-refractivity contribution in [2.75, 3.05) is 40.4 Å². The zero-order valence-electron chi connectivity index (χ0n) is 14.0. The van der Waals surface area contributed by atoms with E-state index >= 15 is 0 Å². The molecule has 1 amide bonds. The van der Waals surface area contributed by atoms with Gasteiger partial charge in [0.2, 0.25) is 0 Å². The molecule has 0 spiro atoms. The Morgan fingerprint density at radius 3 is 3.00 bits per heavy atom. The number of rotatable bonds is 7. The molecule has 1 fully saturated rings. The number of benzene rings is 1. The Hall–Kier alpha value is -2.01. The van der Waals surface area contributed by atoms with E-state index in [9.17, 15) is 4.79 Å². The van der Waals surface area contributed by atoms with E-state index in [2.05, 4.69) is 11.9 Å². The lowest BCUT2D eigenvalue weighted by molar-refractivity contribution is 0.0674. The average Bonchev–Trinajstić information content (AvgIpc) is 2.59. The maximum absolute atomic E-state index is 12.7. The van der Waals surface area contributed by atoms with E-state index in [0.717, 1.165) is 26.1 Å². The molecular formula is C18H26N2O3. The van der Waals surface area contributed by atoms with E-state index in [4.69, 9.17) is 9.47 Å². The van der Waals surface area contributed by atoms with Crippen molar-refractivity contribution < 1.29 is 14.3 Å². The topological polar surface area (TPSA) is 50.8 Å². The number of carbonyl (C=O) groups is 1. The van der Waals surface area contributed by atoms with Crippen LogP contribution in [-0.2, 0) is 0 Å². The van der Waals surface area contributed by atoms with Crippen molar-refractivity contribution >= 4 is 5.91 Å². The third kappa shape index (κ3) is 4.48. The lowest BCUT2D eigenvalue weighted by Gasteiger charge is -2.32. The summed E-state index contributed by atoms with van der Waals surface area (Å²) < 4.78 is 10.9. The molecule has 1 atom stereocenters. The van der Waals surface area contributed by atoms with Crippen molar-refractivity contribution in [1.82, 2.24) is 10.2 Å². The Morgan fingerprint density at radius 1 is 1.48 bits per heavy atom. The van der Waals surface area contributed by atoms with E-state index < -0.39 is 0 Å². The number of likely N-dealkylation sites (tertiary alicyclic amines) is 1. The average molecular weight is 318 g/mol. The number of methoxy groups -OCH3 is 1. The molecule has 1 saturated heterocycles. The Kier molecular flexibility index (Phi) is 6.47. The number of hydrogen-bond acceptors (Lipinski definition) is 4. The van der Waals surface area contributed by atoms with Crippen molar-refractivity contribution in [3.05, 3.63) is 36.4 Å². The first-order valence-electron chi connectivity index (χ1n) is 8.05. The van der Waals surface area contributed by atoms with Gasteiger partial charge in [0.25, 0.3) is 5.91 Å². The third-order valence-electron chi connectivity index (χ3n) is 4.07. The minimum atomic E-state index is 0.0550. The number of hydrogen-bond donors (Lipinski definition) is 1. The Balaban J connectivity index is 2.10. The number of ether oxygens (including phenoxy) is 2. The second kappa shape index (κ2) is 8.58. The van der Waals surface area contributed by atoms with Crippen molar-refractivity contribution in [1.29, 1.82) is 0 Å². The molecule has 2 rings (SSSR count). The molecule has 1 heterocycles. The molecule has 0 radical (unpaired) electrons. The summed E-state index contributed by atoms with van der Waals surface area (Å²) in [7, 11) is 3.53. The minimum absolute atomic E-state index is 0.0550. The Bertz CT molecular complexity index is 543. The van der Waals surface area contributed by atoms with Crippen molar-refractivity contribution in [3.8, 4) is 11.5 Å². The van der Waals surface area contributed by atoms with Gasteiger partial charge in [0.15, 0.2) is 11.5 Å². The molecule has 1 aromatic carbocycles. The second-order valence-electron chi connectivity index (χ2n) is 5.78. The van der Waals surface area contributed by atoms with Crippen LogP contribution in [0.15, 0.2) is 30.9 Å². The summed E-state index contributed by atoms with van der Waals surface area (Å²) in [6, 6.07) is 5.33. The van der Waals surface area contributed by atoms with E-state index in [1.807, 2.05) is 11.9 Å². The molecule has 126 valence electrons. The quantitative estimate of drug-likeness (QED) is 0.784. The molecule has 23 heavy (non-hydrogen) atoms. The van der Waals surface area contributed by atoms with Gasteiger partial charge in [-0.15, -0.1) is 0 Å². The van der Waals surface area contributed by atoms with Gasteiger partial charge in [-0.3, -0.25) is 4.79 Å². The summed E-state index contributed by atoms with van der Waals surface area (Å²) >= 11 is 0. The van der Waals surface area contributed by atoms with Crippen LogP contribution in [0.4, 0.5) is 0 Å². The second-order valence-corrected chi connectivity index (χ2v) is 5.78. The molecule has 1 N–H and O–H groups in total. The number of piperidine rings is 1. The molecule has 0 bridgehead atoms. The zero-order chi connectivity index (χ0) is 16.7. The van der Waals surface area contributed by atoms with Gasteiger partial charge in [-0.25, -0.2) is 0 Å². The van der Waals surface area contributed by atoms with Gasteiger partial charge in [-0.1, -0.05) is 12.7 Å². The fraction of sp³-hybridized carbons (Fsp3) is 0.500. The highest BCUT2D eigenvalue weighted by Gasteiger charge is 2.24. The number of carbonyl (C=O) groups excluding carboxylic acids is 1. The fourth-order valence-corrected chi connectivity index (χ4v) is 2.96. The Morgan fingerprint density at radius 2 is 2.30 bits per heavy atom. The van der Waals surface area contributed by atoms with Gasteiger partial charge in [-0.2, -0.15) is 0 Å². The first-order chi connectivity index (χ1) is 11.2. The fourth-order valence-electron chi connectivity index (χ4n) is 2.96. The van der Waals surface area contributed by atoms with Crippen molar-refractivity contribution in [3.63, 3.8) is 0 Å². The van der Waals surface area contributed by atoms with Gasteiger partial charge in [0.1, 0.15) is 6.61 Å². The van der Waals surface area contributed by atoms with Crippen LogP contribution in [0.5, 0.6) is 11.5 Å². The standard InChI is InChI=1S/C18H26N2O3/c1-4-10-23-16-8-7-15(11-17(16)22-3)18(21)20-9-5-6-14(13-20)12-19-2/h4,7-8,11,14,19H,1,5-6,9-10,12-13H2,2-3H3. The van der Waals surface area contributed by atoms with E-state index in [1.54, 1.807) is 31.4 Å². The highest BCUT2D eigenvalue weighted by Crippen LogP contribution is 2.29. The van der Waals surface area contributed by atoms with Crippen LogP contribution < -0.4 is 14.8 Å². The minimum Gasteiger partial charge on any atom is -0.493 e.